The lowest BCUT2D eigenvalue weighted by atomic mass is 10.1. The van der Waals surface area contributed by atoms with Gasteiger partial charge in [0, 0.05) is 48.1 Å². The standard InChI is InChI=1S/C22H23ClN4/c1-16-15-17(9-10-21(16)27-13-11-24-12-14-27)25-22-8-4-7-20(26-22)18-5-2-3-6-19(18)23/h2-10,15,24H,11-14H2,1H3,(H,25,26). The molecule has 1 aliphatic heterocycles. The van der Waals surface area contributed by atoms with Crippen LogP contribution in [0.1, 0.15) is 5.56 Å². The Morgan fingerprint density at radius 2 is 1.81 bits per heavy atom. The van der Waals surface area contributed by atoms with Gasteiger partial charge in [0.25, 0.3) is 0 Å². The second-order valence-corrected chi connectivity index (χ2v) is 7.16. The van der Waals surface area contributed by atoms with Crippen LogP contribution in [-0.2, 0) is 0 Å². The van der Waals surface area contributed by atoms with E-state index in [0.29, 0.717) is 5.02 Å². The lowest BCUT2D eigenvalue weighted by Gasteiger charge is -2.31. The Morgan fingerprint density at radius 1 is 1.00 bits per heavy atom. The number of nitrogens with one attached hydrogen (secondary N) is 2. The van der Waals surface area contributed by atoms with Crippen molar-refractivity contribution in [3.8, 4) is 11.3 Å². The number of hydrogen-bond acceptors (Lipinski definition) is 4. The van der Waals surface area contributed by atoms with Crippen molar-refractivity contribution in [2.24, 2.45) is 0 Å². The highest BCUT2D eigenvalue weighted by molar-refractivity contribution is 6.33. The number of aryl methyl sites for hydroxylation is 1. The van der Waals surface area contributed by atoms with Gasteiger partial charge in [-0.25, -0.2) is 4.98 Å². The third-order valence-electron chi connectivity index (χ3n) is 4.83. The molecule has 4 nitrogen and oxygen atoms in total. The largest absolute Gasteiger partial charge is 0.369 e. The minimum absolute atomic E-state index is 0.707. The molecule has 138 valence electrons. The molecule has 1 aromatic heterocycles. The average Bonchev–Trinajstić information content (AvgIpc) is 2.69. The first-order valence-corrected chi connectivity index (χ1v) is 9.64. The van der Waals surface area contributed by atoms with E-state index in [-0.39, 0.29) is 0 Å². The Balaban J connectivity index is 1.55. The van der Waals surface area contributed by atoms with Crippen molar-refractivity contribution in [3.63, 3.8) is 0 Å². The van der Waals surface area contributed by atoms with Crippen LogP contribution in [0.3, 0.4) is 0 Å². The van der Waals surface area contributed by atoms with Gasteiger partial charge in [-0.15, -0.1) is 0 Å². The fraction of sp³-hybridized carbons (Fsp3) is 0.227. The van der Waals surface area contributed by atoms with Crippen molar-refractivity contribution in [3.05, 3.63) is 71.2 Å². The maximum absolute atomic E-state index is 6.31. The van der Waals surface area contributed by atoms with Crippen LogP contribution >= 0.6 is 11.6 Å². The minimum atomic E-state index is 0.707. The van der Waals surface area contributed by atoms with Crippen molar-refractivity contribution < 1.29 is 0 Å². The maximum Gasteiger partial charge on any atom is 0.131 e. The molecular formula is C22H23ClN4. The minimum Gasteiger partial charge on any atom is -0.369 e. The molecule has 4 rings (SSSR count). The second kappa shape index (κ2) is 7.99. The van der Waals surface area contributed by atoms with Crippen LogP contribution in [0.25, 0.3) is 11.3 Å². The molecule has 0 bridgehead atoms. The van der Waals surface area contributed by atoms with Crippen LogP contribution in [0, 0.1) is 6.92 Å². The van der Waals surface area contributed by atoms with Gasteiger partial charge in [0.15, 0.2) is 0 Å². The number of rotatable bonds is 4. The van der Waals surface area contributed by atoms with Crippen LogP contribution in [0.5, 0.6) is 0 Å². The quantitative estimate of drug-likeness (QED) is 0.679. The van der Waals surface area contributed by atoms with Crippen LogP contribution < -0.4 is 15.5 Å². The highest BCUT2D eigenvalue weighted by atomic mass is 35.5. The zero-order valence-electron chi connectivity index (χ0n) is 15.4. The SMILES string of the molecule is Cc1cc(Nc2cccc(-c3ccccc3Cl)n2)ccc1N1CCNCC1. The predicted molar refractivity (Wildman–Crippen MR) is 114 cm³/mol. The normalized spacial score (nSPS) is 14.2. The van der Waals surface area contributed by atoms with Gasteiger partial charge in [-0.2, -0.15) is 0 Å². The molecule has 2 aromatic carbocycles. The summed E-state index contributed by atoms with van der Waals surface area (Å²) in [6.07, 6.45) is 0. The highest BCUT2D eigenvalue weighted by Gasteiger charge is 2.13. The van der Waals surface area contributed by atoms with Gasteiger partial charge in [0.1, 0.15) is 5.82 Å². The van der Waals surface area contributed by atoms with Crippen LogP contribution in [0.15, 0.2) is 60.7 Å². The molecule has 0 radical (unpaired) electrons. The molecule has 3 aromatic rings. The van der Waals surface area contributed by atoms with Crippen molar-refractivity contribution in [2.75, 3.05) is 36.4 Å². The molecular weight excluding hydrogens is 356 g/mol. The summed E-state index contributed by atoms with van der Waals surface area (Å²) in [6.45, 7) is 6.34. The zero-order chi connectivity index (χ0) is 18.6. The van der Waals surface area contributed by atoms with Crippen LogP contribution in [0.4, 0.5) is 17.2 Å². The van der Waals surface area contributed by atoms with Crippen molar-refractivity contribution >= 4 is 28.8 Å². The molecule has 2 N–H and O–H groups in total. The lowest BCUT2D eigenvalue weighted by Crippen LogP contribution is -2.43. The topological polar surface area (TPSA) is 40.2 Å². The summed E-state index contributed by atoms with van der Waals surface area (Å²) in [5.41, 5.74) is 5.41. The Labute approximate surface area is 165 Å². The fourth-order valence-corrected chi connectivity index (χ4v) is 3.70. The summed E-state index contributed by atoms with van der Waals surface area (Å²) < 4.78 is 0. The molecule has 1 saturated heterocycles. The molecule has 0 aliphatic carbocycles. The summed E-state index contributed by atoms with van der Waals surface area (Å²) >= 11 is 6.31. The Bertz CT molecular complexity index is 935. The summed E-state index contributed by atoms with van der Waals surface area (Å²) in [5, 5.41) is 7.53. The van der Waals surface area contributed by atoms with E-state index >= 15 is 0 Å². The van der Waals surface area contributed by atoms with E-state index in [1.54, 1.807) is 0 Å². The smallest absolute Gasteiger partial charge is 0.131 e. The third-order valence-corrected chi connectivity index (χ3v) is 5.16. The molecule has 0 saturated carbocycles. The zero-order valence-corrected chi connectivity index (χ0v) is 16.1. The van der Waals surface area contributed by atoms with E-state index in [1.807, 2.05) is 42.5 Å². The molecule has 1 aliphatic rings. The van der Waals surface area contributed by atoms with E-state index in [2.05, 4.69) is 40.7 Å². The number of benzene rings is 2. The van der Waals surface area contributed by atoms with E-state index in [0.717, 1.165) is 48.9 Å². The lowest BCUT2D eigenvalue weighted by molar-refractivity contribution is 0.588. The number of halogens is 1. The molecule has 0 atom stereocenters. The Hall–Kier alpha value is -2.56. The predicted octanol–water partition coefficient (Wildman–Crippen LogP) is 4.86. The first-order valence-electron chi connectivity index (χ1n) is 9.26. The van der Waals surface area contributed by atoms with Gasteiger partial charge in [-0.3, -0.25) is 0 Å². The average molecular weight is 379 g/mol. The molecule has 2 heterocycles. The van der Waals surface area contributed by atoms with E-state index in [1.165, 1.54) is 11.3 Å². The summed E-state index contributed by atoms with van der Waals surface area (Å²) in [4.78, 5) is 7.16. The maximum atomic E-state index is 6.31. The summed E-state index contributed by atoms with van der Waals surface area (Å²) in [5.74, 6) is 0.807. The van der Waals surface area contributed by atoms with Crippen molar-refractivity contribution in [2.45, 2.75) is 6.92 Å². The number of pyridine rings is 1. The third kappa shape index (κ3) is 4.07. The Morgan fingerprint density at radius 3 is 2.59 bits per heavy atom. The number of hydrogen-bond donors (Lipinski definition) is 2. The molecule has 5 heteroatoms. The van der Waals surface area contributed by atoms with Crippen molar-refractivity contribution in [1.82, 2.24) is 10.3 Å². The van der Waals surface area contributed by atoms with E-state index in [4.69, 9.17) is 16.6 Å². The van der Waals surface area contributed by atoms with Crippen molar-refractivity contribution in [1.29, 1.82) is 0 Å². The van der Waals surface area contributed by atoms with E-state index in [9.17, 15) is 0 Å². The van der Waals surface area contributed by atoms with Gasteiger partial charge < -0.3 is 15.5 Å². The molecule has 0 unspecified atom stereocenters. The van der Waals surface area contributed by atoms with Crippen LogP contribution in [-0.4, -0.2) is 31.2 Å². The van der Waals surface area contributed by atoms with E-state index < -0.39 is 0 Å². The second-order valence-electron chi connectivity index (χ2n) is 6.75. The van der Waals surface area contributed by atoms with Gasteiger partial charge in [0.2, 0.25) is 0 Å². The number of anilines is 3. The highest BCUT2D eigenvalue weighted by Crippen LogP contribution is 2.29. The first kappa shape index (κ1) is 17.8. The monoisotopic (exact) mass is 378 g/mol. The van der Waals surface area contributed by atoms with Gasteiger partial charge in [-0.05, 0) is 48.9 Å². The van der Waals surface area contributed by atoms with Gasteiger partial charge >= 0.3 is 0 Å². The molecule has 27 heavy (non-hydrogen) atoms. The van der Waals surface area contributed by atoms with Gasteiger partial charge in [-0.1, -0.05) is 35.9 Å². The summed E-state index contributed by atoms with van der Waals surface area (Å²) in [7, 11) is 0. The molecule has 0 spiro atoms. The number of piperazine rings is 1. The summed E-state index contributed by atoms with van der Waals surface area (Å²) in [6, 6.07) is 20.2. The number of aromatic nitrogens is 1. The number of nitrogens with zero attached hydrogens (tertiary/aromatic N) is 2. The molecule has 1 fully saturated rings. The van der Waals surface area contributed by atoms with Crippen LogP contribution in [0.2, 0.25) is 5.02 Å². The Kier molecular flexibility index (Phi) is 5.28. The van der Waals surface area contributed by atoms with Gasteiger partial charge in [0.05, 0.1) is 5.69 Å². The molecule has 0 amide bonds. The fourth-order valence-electron chi connectivity index (χ4n) is 3.46. The first-order chi connectivity index (χ1) is 13.2.